The number of carbonyl (C=O) groups excluding carboxylic acids is 2. The maximum atomic E-state index is 12.8. The molecule has 0 N–H and O–H groups in total. The number of rotatable bonds is 5. The Balaban J connectivity index is 2.19. The summed E-state index contributed by atoms with van der Waals surface area (Å²) in [4.78, 5) is 35.4. The van der Waals surface area contributed by atoms with Crippen molar-refractivity contribution in [3.8, 4) is 34.3 Å². The SMILES string of the molecule is COc1cc2oc(-c3ccc(OC(C)=O)cc3)cc(=O)c2c(OC(C)=O)c1OC. The van der Waals surface area contributed by atoms with E-state index in [9.17, 15) is 14.4 Å². The summed E-state index contributed by atoms with van der Waals surface area (Å²) in [6.45, 7) is 2.52. The molecule has 150 valence electrons. The smallest absolute Gasteiger partial charge is 0.308 e. The first-order chi connectivity index (χ1) is 13.8. The number of esters is 2. The van der Waals surface area contributed by atoms with Crippen LogP contribution in [0.4, 0.5) is 0 Å². The number of carbonyl (C=O) groups is 2. The molecule has 1 aromatic heterocycles. The Morgan fingerprint density at radius 2 is 1.52 bits per heavy atom. The van der Waals surface area contributed by atoms with Crippen LogP contribution in [-0.2, 0) is 9.59 Å². The predicted octanol–water partition coefficient (Wildman–Crippen LogP) is 3.33. The molecular formula is C21H18O8. The van der Waals surface area contributed by atoms with Gasteiger partial charge >= 0.3 is 11.9 Å². The molecule has 3 rings (SSSR count). The first-order valence-corrected chi connectivity index (χ1v) is 8.54. The lowest BCUT2D eigenvalue weighted by Gasteiger charge is -2.14. The van der Waals surface area contributed by atoms with Crippen LogP contribution >= 0.6 is 0 Å². The molecule has 0 saturated carbocycles. The van der Waals surface area contributed by atoms with Crippen molar-refractivity contribution in [2.75, 3.05) is 14.2 Å². The van der Waals surface area contributed by atoms with Crippen molar-refractivity contribution < 1.29 is 33.0 Å². The van der Waals surface area contributed by atoms with Crippen molar-refractivity contribution in [1.82, 2.24) is 0 Å². The topological polar surface area (TPSA) is 101 Å². The van der Waals surface area contributed by atoms with E-state index in [0.717, 1.165) is 0 Å². The van der Waals surface area contributed by atoms with Crippen molar-refractivity contribution in [3.63, 3.8) is 0 Å². The molecule has 0 saturated heterocycles. The van der Waals surface area contributed by atoms with Crippen LogP contribution in [0, 0.1) is 0 Å². The van der Waals surface area contributed by atoms with E-state index in [1.165, 1.54) is 40.2 Å². The number of benzene rings is 2. The molecule has 0 atom stereocenters. The van der Waals surface area contributed by atoms with Gasteiger partial charge in [0.15, 0.2) is 16.9 Å². The molecule has 3 aromatic rings. The molecule has 0 aliphatic heterocycles. The highest BCUT2D eigenvalue weighted by Gasteiger charge is 2.22. The third-order valence-corrected chi connectivity index (χ3v) is 3.96. The molecule has 0 aliphatic rings. The Morgan fingerprint density at radius 3 is 2.07 bits per heavy atom. The van der Waals surface area contributed by atoms with E-state index in [2.05, 4.69) is 0 Å². The molecule has 29 heavy (non-hydrogen) atoms. The van der Waals surface area contributed by atoms with Gasteiger partial charge in [0.2, 0.25) is 5.75 Å². The summed E-state index contributed by atoms with van der Waals surface area (Å²) in [6.07, 6.45) is 0. The molecule has 0 unspecified atom stereocenters. The number of ether oxygens (including phenoxy) is 4. The highest BCUT2D eigenvalue weighted by atomic mass is 16.6. The van der Waals surface area contributed by atoms with E-state index >= 15 is 0 Å². The fourth-order valence-electron chi connectivity index (χ4n) is 2.83. The summed E-state index contributed by atoms with van der Waals surface area (Å²) in [5, 5.41) is 0.0538. The van der Waals surface area contributed by atoms with Gasteiger partial charge < -0.3 is 23.4 Å². The van der Waals surface area contributed by atoms with E-state index in [1.54, 1.807) is 24.3 Å². The summed E-state index contributed by atoms with van der Waals surface area (Å²) >= 11 is 0. The zero-order chi connectivity index (χ0) is 21.1. The molecule has 2 aromatic carbocycles. The van der Waals surface area contributed by atoms with Gasteiger partial charge in [-0.2, -0.15) is 0 Å². The fraction of sp³-hybridized carbons (Fsp3) is 0.190. The molecule has 8 nitrogen and oxygen atoms in total. The molecule has 0 spiro atoms. The van der Waals surface area contributed by atoms with Crippen molar-refractivity contribution >= 4 is 22.9 Å². The van der Waals surface area contributed by atoms with Crippen LogP contribution in [-0.4, -0.2) is 26.2 Å². The summed E-state index contributed by atoms with van der Waals surface area (Å²) in [5.41, 5.74) is 0.316. The summed E-state index contributed by atoms with van der Waals surface area (Å²) in [6, 6.07) is 9.23. The number of hydrogen-bond acceptors (Lipinski definition) is 8. The van der Waals surface area contributed by atoms with Gasteiger partial charge in [0.05, 0.1) is 14.2 Å². The largest absolute Gasteiger partial charge is 0.493 e. The highest BCUT2D eigenvalue weighted by molar-refractivity contribution is 5.92. The fourth-order valence-corrected chi connectivity index (χ4v) is 2.83. The number of fused-ring (bicyclic) bond motifs is 1. The van der Waals surface area contributed by atoms with E-state index in [1.807, 2.05) is 0 Å². The maximum Gasteiger partial charge on any atom is 0.308 e. The monoisotopic (exact) mass is 398 g/mol. The molecule has 0 bridgehead atoms. The molecule has 0 radical (unpaired) electrons. The minimum Gasteiger partial charge on any atom is -0.493 e. The minimum atomic E-state index is -0.623. The lowest BCUT2D eigenvalue weighted by atomic mass is 10.1. The van der Waals surface area contributed by atoms with Gasteiger partial charge in [-0.3, -0.25) is 14.4 Å². The van der Waals surface area contributed by atoms with Gasteiger partial charge in [0.25, 0.3) is 0 Å². The lowest BCUT2D eigenvalue weighted by molar-refractivity contribution is -0.132. The summed E-state index contributed by atoms with van der Waals surface area (Å²) in [7, 11) is 2.79. The Morgan fingerprint density at radius 1 is 0.862 bits per heavy atom. The van der Waals surface area contributed by atoms with Crippen molar-refractivity contribution in [2.45, 2.75) is 13.8 Å². The molecule has 0 fully saturated rings. The van der Waals surface area contributed by atoms with Crippen LogP contribution in [0.15, 0.2) is 45.6 Å². The van der Waals surface area contributed by atoms with E-state index in [-0.39, 0.29) is 34.0 Å². The Bertz CT molecular complexity index is 1140. The number of methoxy groups -OCH3 is 2. The van der Waals surface area contributed by atoms with E-state index < -0.39 is 17.4 Å². The van der Waals surface area contributed by atoms with Crippen LogP contribution < -0.4 is 24.4 Å². The van der Waals surface area contributed by atoms with Crippen molar-refractivity contribution in [2.24, 2.45) is 0 Å². The van der Waals surface area contributed by atoms with Gasteiger partial charge in [0.1, 0.15) is 22.5 Å². The minimum absolute atomic E-state index is 0.0538. The average Bonchev–Trinajstić information content (AvgIpc) is 2.66. The second-order valence-corrected chi connectivity index (χ2v) is 6.00. The van der Waals surface area contributed by atoms with Crippen LogP contribution in [0.3, 0.4) is 0 Å². The van der Waals surface area contributed by atoms with E-state index in [4.69, 9.17) is 23.4 Å². The van der Waals surface area contributed by atoms with Gasteiger partial charge in [0, 0.05) is 31.5 Å². The first kappa shape index (κ1) is 19.9. The molecular weight excluding hydrogens is 380 g/mol. The maximum absolute atomic E-state index is 12.8. The molecule has 0 aliphatic carbocycles. The van der Waals surface area contributed by atoms with Crippen molar-refractivity contribution in [3.05, 3.63) is 46.6 Å². The van der Waals surface area contributed by atoms with Crippen LogP contribution in [0.2, 0.25) is 0 Å². The summed E-state index contributed by atoms with van der Waals surface area (Å²) < 4.78 is 26.6. The van der Waals surface area contributed by atoms with Crippen LogP contribution in [0.1, 0.15) is 13.8 Å². The zero-order valence-electron chi connectivity index (χ0n) is 16.2. The van der Waals surface area contributed by atoms with Gasteiger partial charge in [-0.15, -0.1) is 0 Å². The Labute approximate surface area is 165 Å². The van der Waals surface area contributed by atoms with Crippen LogP contribution in [0.25, 0.3) is 22.3 Å². The standard InChI is InChI=1S/C21H18O8/c1-11(22)27-14-7-5-13(6-8-14)16-9-15(24)19-17(29-16)10-18(25-3)20(26-4)21(19)28-12(2)23/h5-10H,1-4H3. The zero-order valence-corrected chi connectivity index (χ0v) is 16.2. The lowest BCUT2D eigenvalue weighted by Crippen LogP contribution is -2.09. The second kappa shape index (κ2) is 8.05. The number of hydrogen-bond donors (Lipinski definition) is 0. The van der Waals surface area contributed by atoms with Gasteiger partial charge in [-0.05, 0) is 24.3 Å². The average molecular weight is 398 g/mol. The Kier molecular flexibility index (Phi) is 5.54. The third kappa shape index (κ3) is 4.06. The van der Waals surface area contributed by atoms with Gasteiger partial charge in [-0.25, -0.2) is 0 Å². The summed E-state index contributed by atoms with van der Waals surface area (Å²) in [5.74, 6) is -0.134. The van der Waals surface area contributed by atoms with Gasteiger partial charge in [-0.1, -0.05) is 0 Å². The highest BCUT2D eigenvalue weighted by Crippen LogP contribution is 2.43. The first-order valence-electron chi connectivity index (χ1n) is 8.54. The predicted molar refractivity (Wildman–Crippen MR) is 104 cm³/mol. The Hall–Kier alpha value is -3.81. The third-order valence-electron chi connectivity index (χ3n) is 3.96. The van der Waals surface area contributed by atoms with Crippen LogP contribution in [0.5, 0.6) is 23.0 Å². The second-order valence-electron chi connectivity index (χ2n) is 6.00. The van der Waals surface area contributed by atoms with E-state index in [0.29, 0.717) is 11.3 Å². The molecule has 0 amide bonds. The molecule has 8 heteroatoms. The quantitative estimate of drug-likeness (QED) is 0.476. The molecule has 1 heterocycles. The van der Waals surface area contributed by atoms with Crippen molar-refractivity contribution in [1.29, 1.82) is 0 Å². The normalized spacial score (nSPS) is 10.5.